The molecule has 1 unspecified atom stereocenters. The number of hydrogen-bond acceptors (Lipinski definition) is 4. The van der Waals surface area contributed by atoms with E-state index in [1.165, 1.54) is 12.1 Å². The van der Waals surface area contributed by atoms with Crippen LogP contribution in [0.25, 0.3) is 0 Å². The van der Waals surface area contributed by atoms with Gasteiger partial charge in [0, 0.05) is 24.3 Å². The summed E-state index contributed by atoms with van der Waals surface area (Å²) in [5, 5.41) is 20.0. The third-order valence-electron chi connectivity index (χ3n) is 3.81. The van der Waals surface area contributed by atoms with E-state index in [1.807, 2.05) is 0 Å². The Morgan fingerprint density at radius 2 is 2.20 bits per heavy atom. The minimum Gasteiger partial charge on any atom is -0.477 e. The molecule has 0 saturated carbocycles. The fourth-order valence-electron chi connectivity index (χ4n) is 2.84. The molecule has 1 aliphatic heterocycles. The largest absolute Gasteiger partial charge is 0.477 e. The highest BCUT2D eigenvalue weighted by atomic mass is 16.6. The second-order valence-electron chi connectivity index (χ2n) is 5.41. The van der Waals surface area contributed by atoms with E-state index in [9.17, 15) is 14.9 Å². The third-order valence-corrected chi connectivity index (χ3v) is 3.81. The normalized spacial score (nSPS) is 18.6. The zero-order chi connectivity index (χ0) is 14.9. The molecule has 1 fully saturated rings. The molecular formula is C14H18N2O4. The Morgan fingerprint density at radius 3 is 2.75 bits per heavy atom. The van der Waals surface area contributed by atoms with Crippen molar-refractivity contribution in [2.24, 2.45) is 5.92 Å². The van der Waals surface area contributed by atoms with Crippen LogP contribution < -0.4 is 4.90 Å². The number of carboxylic acids is 1. The molecule has 1 aromatic carbocycles. The van der Waals surface area contributed by atoms with Gasteiger partial charge in [0.25, 0.3) is 5.69 Å². The van der Waals surface area contributed by atoms with Gasteiger partial charge in [-0.1, -0.05) is 13.8 Å². The molecule has 6 heteroatoms. The van der Waals surface area contributed by atoms with E-state index in [4.69, 9.17) is 5.11 Å². The standard InChI is InChI=1S/C14H18N2O4/c1-9(2)12-4-3-7-15(12)10-5-6-11(14(17)18)13(8-10)16(19)20/h5-6,8-9,12H,3-4,7H2,1-2H3,(H,17,18). The second-order valence-corrected chi connectivity index (χ2v) is 5.41. The monoisotopic (exact) mass is 278 g/mol. The molecule has 0 bridgehead atoms. The van der Waals surface area contributed by atoms with E-state index in [0.29, 0.717) is 12.0 Å². The van der Waals surface area contributed by atoms with E-state index in [-0.39, 0.29) is 11.3 Å². The molecule has 0 spiro atoms. The fraction of sp³-hybridized carbons (Fsp3) is 0.500. The van der Waals surface area contributed by atoms with Crippen LogP contribution in [0.15, 0.2) is 18.2 Å². The molecule has 1 saturated heterocycles. The Hall–Kier alpha value is -2.11. The van der Waals surface area contributed by atoms with Crippen molar-refractivity contribution in [1.82, 2.24) is 0 Å². The Morgan fingerprint density at radius 1 is 1.50 bits per heavy atom. The molecule has 20 heavy (non-hydrogen) atoms. The minimum absolute atomic E-state index is 0.265. The van der Waals surface area contributed by atoms with E-state index < -0.39 is 10.9 Å². The molecule has 0 radical (unpaired) electrons. The van der Waals surface area contributed by atoms with E-state index in [0.717, 1.165) is 25.1 Å². The average Bonchev–Trinajstić information content (AvgIpc) is 2.87. The van der Waals surface area contributed by atoms with Gasteiger partial charge in [0.2, 0.25) is 0 Å². The van der Waals surface area contributed by atoms with E-state index in [2.05, 4.69) is 18.7 Å². The number of carboxylic acid groups (broad SMARTS) is 1. The van der Waals surface area contributed by atoms with Crippen molar-refractivity contribution in [2.45, 2.75) is 32.7 Å². The molecule has 1 aromatic rings. The zero-order valence-electron chi connectivity index (χ0n) is 11.6. The molecule has 1 atom stereocenters. The number of aromatic carboxylic acids is 1. The van der Waals surface area contributed by atoms with Crippen molar-refractivity contribution in [1.29, 1.82) is 0 Å². The van der Waals surface area contributed by atoms with Crippen LogP contribution in [0, 0.1) is 16.0 Å². The molecule has 1 aliphatic rings. The summed E-state index contributed by atoms with van der Waals surface area (Å²) in [4.78, 5) is 23.6. The van der Waals surface area contributed by atoms with Crippen LogP contribution in [-0.4, -0.2) is 28.6 Å². The fourth-order valence-corrected chi connectivity index (χ4v) is 2.84. The predicted molar refractivity (Wildman–Crippen MR) is 75.3 cm³/mol. The maximum Gasteiger partial charge on any atom is 0.342 e. The van der Waals surface area contributed by atoms with Gasteiger partial charge in [-0.15, -0.1) is 0 Å². The first kappa shape index (κ1) is 14.3. The summed E-state index contributed by atoms with van der Waals surface area (Å²) in [6.07, 6.45) is 2.11. The minimum atomic E-state index is -1.27. The topological polar surface area (TPSA) is 83.7 Å². The van der Waals surface area contributed by atoms with Crippen LogP contribution >= 0.6 is 0 Å². The van der Waals surface area contributed by atoms with Gasteiger partial charge in [0.15, 0.2) is 0 Å². The van der Waals surface area contributed by atoms with E-state index >= 15 is 0 Å². The van der Waals surface area contributed by atoms with Crippen LogP contribution in [0.1, 0.15) is 37.0 Å². The number of benzene rings is 1. The van der Waals surface area contributed by atoms with Crippen molar-refractivity contribution in [3.8, 4) is 0 Å². The summed E-state index contributed by atoms with van der Waals surface area (Å²) in [5.41, 5.74) is 0.126. The number of hydrogen-bond donors (Lipinski definition) is 1. The molecule has 0 amide bonds. The highest BCUT2D eigenvalue weighted by Crippen LogP contribution is 2.33. The van der Waals surface area contributed by atoms with Crippen molar-refractivity contribution in [3.63, 3.8) is 0 Å². The number of nitro groups is 1. The maximum absolute atomic E-state index is 11.0. The molecule has 0 aromatic heterocycles. The Bertz CT molecular complexity index is 542. The quantitative estimate of drug-likeness (QED) is 0.676. The van der Waals surface area contributed by atoms with E-state index in [1.54, 1.807) is 6.07 Å². The predicted octanol–water partition coefficient (Wildman–Crippen LogP) is 2.92. The lowest BCUT2D eigenvalue weighted by Gasteiger charge is -2.29. The van der Waals surface area contributed by atoms with Crippen molar-refractivity contribution >= 4 is 17.3 Å². The summed E-state index contributed by atoms with van der Waals surface area (Å²) in [5.74, 6) is -0.819. The first-order chi connectivity index (χ1) is 9.41. The Kier molecular flexibility index (Phi) is 3.92. The molecule has 6 nitrogen and oxygen atoms in total. The first-order valence-electron chi connectivity index (χ1n) is 6.70. The van der Waals surface area contributed by atoms with Gasteiger partial charge in [-0.05, 0) is 30.9 Å². The summed E-state index contributed by atoms with van der Waals surface area (Å²) >= 11 is 0. The Labute approximate surface area is 117 Å². The van der Waals surface area contributed by atoms with Gasteiger partial charge in [0.05, 0.1) is 4.92 Å². The van der Waals surface area contributed by atoms with Crippen LogP contribution in [0.3, 0.4) is 0 Å². The van der Waals surface area contributed by atoms with Crippen molar-refractivity contribution < 1.29 is 14.8 Å². The Balaban J connectivity index is 2.41. The maximum atomic E-state index is 11.0. The van der Waals surface area contributed by atoms with Crippen LogP contribution in [-0.2, 0) is 0 Å². The first-order valence-corrected chi connectivity index (χ1v) is 6.70. The van der Waals surface area contributed by atoms with Gasteiger partial charge in [-0.2, -0.15) is 0 Å². The molecule has 108 valence electrons. The highest BCUT2D eigenvalue weighted by Gasteiger charge is 2.29. The van der Waals surface area contributed by atoms with Crippen molar-refractivity contribution in [2.75, 3.05) is 11.4 Å². The van der Waals surface area contributed by atoms with Crippen LogP contribution in [0.4, 0.5) is 11.4 Å². The van der Waals surface area contributed by atoms with Gasteiger partial charge in [-0.3, -0.25) is 10.1 Å². The second kappa shape index (κ2) is 5.48. The van der Waals surface area contributed by atoms with Gasteiger partial charge >= 0.3 is 5.97 Å². The SMILES string of the molecule is CC(C)C1CCCN1c1ccc(C(=O)O)c([N+](=O)[O-])c1. The van der Waals surface area contributed by atoms with Crippen LogP contribution in [0.5, 0.6) is 0 Å². The molecule has 0 aliphatic carbocycles. The summed E-state index contributed by atoms with van der Waals surface area (Å²) < 4.78 is 0. The van der Waals surface area contributed by atoms with Gasteiger partial charge < -0.3 is 10.0 Å². The number of anilines is 1. The third kappa shape index (κ3) is 2.59. The lowest BCUT2D eigenvalue weighted by atomic mass is 10.0. The molecule has 1 N–H and O–H groups in total. The van der Waals surface area contributed by atoms with Crippen LogP contribution in [0.2, 0.25) is 0 Å². The summed E-state index contributed by atoms with van der Waals surface area (Å²) in [6.45, 7) is 5.11. The summed E-state index contributed by atoms with van der Waals surface area (Å²) in [6, 6.07) is 4.72. The lowest BCUT2D eigenvalue weighted by molar-refractivity contribution is -0.385. The molecule has 2 rings (SSSR count). The summed E-state index contributed by atoms with van der Waals surface area (Å²) in [7, 11) is 0. The average molecular weight is 278 g/mol. The lowest BCUT2D eigenvalue weighted by Crippen LogP contribution is -2.33. The van der Waals surface area contributed by atoms with Gasteiger partial charge in [-0.25, -0.2) is 4.79 Å². The number of carbonyl (C=O) groups is 1. The zero-order valence-corrected chi connectivity index (χ0v) is 11.6. The van der Waals surface area contributed by atoms with Gasteiger partial charge in [0.1, 0.15) is 5.56 Å². The molecular weight excluding hydrogens is 260 g/mol. The highest BCUT2D eigenvalue weighted by molar-refractivity contribution is 5.93. The number of rotatable bonds is 4. The number of nitrogens with zero attached hydrogens (tertiary/aromatic N) is 2. The molecule has 1 heterocycles. The van der Waals surface area contributed by atoms with Crippen molar-refractivity contribution in [3.05, 3.63) is 33.9 Å². The number of nitro benzene ring substituents is 1. The smallest absolute Gasteiger partial charge is 0.342 e.